The van der Waals surface area contributed by atoms with Gasteiger partial charge in [-0.25, -0.2) is 18.2 Å². The summed E-state index contributed by atoms with van der Waals surface area (Å²) in [6, 6.07) is 8.41. The Bertz CT molecular complexity index is 1260. The summed E-state index contributed by atoms with van der Waals surface area (Å²) in [5.41, 5.74) is -0.179. The third kappa shape index (κ3) is 4.83. The molecule has 2 heterocycles. The van der Waals surface area contributed by atoms with E-state index in [1.54, 1.807) is 12.1 Å². The molecule has 164 valence electrons. The van der Waals surface area contributed by atoms with E-state index in [0.717, 1.165) is 23.9 Å². The van der Waals surface area contributed by atoms with Gasteiger partial charge in [-0.05, 0) is 29.8 Å². The van der Waals surface area contributed by atoms with Gasteiger partial charge in [0.05, 0.1) is 11.5 Å². The average Bonchev–Trinajstić information content (AvgIpc) is 2.70. The predicted octanol–water partition coefficient (Wildman–Crippen LogP) is 3.54. The van der Waals surface area contributed by atoms with E-state index in [4.69, 9.17) is 0 Å². The number of halogens is 3. The third-order valence-corrected chi connectivity index (χ3v) is 5.58. The van der Waals surface area contributed by atoms with E-state index in [1.165, 1.54) is 12.1 Å². The molecule has 0 saturated heterocycles. The van der Waals surface area contributed by atoms with Gasteiger partial charge in [-0.15, -0.1) is 0 Å². The number of aromatic nitrogens is 2. The van der Waals surface area contributed by atoms with E-state index in [2.05, 4.69) is 20.6 Å². The van der Waals surface area contributed by atoms with Gasteiger partial charge in [0, 0.05) is 23.9 Å². The first-order valence-electron chi connectivity index (χ1n) is 9.37. The van der Waals surface area contributed by atoms with E-state index >= 15 is 0 Å². The lowest BCUT2D eigenvalue weighted by atomic mass is 9.92. The van der Waals surface area contributed by atoms with Crippen molar-refractivity contribution in [3.63, 3.8) is 0 Å². The van der Waals surface area contributed by atoms with Crippen LogP contribution in [0, 0.1) is 17.5 Å². The quantitative estimate of drug-likeness (QED) is 0.399. The molecule has 11 heteroatoms. The molecular formula is C21H15F3N4O3S. The number of nitrogens with zero attached hydrogens (tertiary/aromatic N) is 1. The fourth-order valence-corrected chi connectivity index (χ4v) is 4.08. The summed E-state index contributed by atoms with van der Waals surface area (Å²) in [6.45, 7) is 0. The zero-order valence-electron chi connectivity index (χ0n) is 16.2. The lowest BCUT2D eigenvalue weighted by Crippen LogP contribution is -2.36. The first kappa shape index (κ1) is 21.6. The molecule has 0 fully saturated rings. The van der Waals surface area contributed by atoms with Gasteiger partial charge < -0.3 is 15.6 Å². The molecule has 0 unspecified atom stereocenters. The number of nitrogens with one attached hydrogen (secondary N) is 3. The Labute approximate surface area is 183 Å². The molecule has 7 nitrogen and oxygen atoms in total. The minimum absolute atomic E-state index is 0.0610. The van der Waals surface area contributed by atoms with Crippen LogP contribution >= 0.6 is 11.8 Å². The largest absolute Gasteiger partial charge is 0.325 e. The second-order valence-electron chi connectivity index (χ2n) is 7.00. The molecule has 1 aliphatic rings. The van der Waals surface area contributed by atoms with Crippen molar-refractivity contribution in [2.24, 2.45) is 0 Å². The van der Waals surface area contributed by atoms with Crippen LogP contribution in [-0.2, 0) is 15.3 Å². The van der Waals surface area contributed by atoms with Crippen LogP contribution in [0.4, 0.5) is 24.7 Å². The summed E-state index contributed by atoms with van der Waals surface area (Å²) >= 11 is 1.12. The first-order chi connectivity index (χ1) is 15.3. The molecule has 0 bridgehead atoms. The van der Waals surface area contributed by atoms with Crippen LogP contribution in [-0.4, -0.2) is 21.8 Å². The summed E-state index contributed by atoms with van der Waals surface area (Å²) in [7, 11) is 0. The van der Waals surface area contributed by atoms with E-state index in [0.29, 0.717) is 17.4 Å². The molecule has 0 saturated carbocycles. The standard InChI is InChI=1S/C21H15F3N4O3S/c22-11-3-1-2-10(4-11)9-32-21-27-18-17(20(31)28-21)15(8-16(29)26-18)19(30)25-14-6-12(23)5-13(24)7-14/h1-7,15H,8-9H2,(H,25,30)(H2,26,27,28,29,31)/t15-/m0/s1. The predicted molar refractivity (Wildman–Crippen MR) is 112 cm³/mol. The number of anilines is 2. The van der Waals surface area contributed by atoms with Crippen molar-refractivity contribution >= 4 is 35.1 Å². The smallest absolute Gasteiger partial charge is 0.257 e. The number of hydrogen-bond donors (Lipinski definition) is 3. The molecule has 2 amide bonds. The number of fused-ring (bicyclic) bond motifs is 1. The van der Waals surface area contributed by atoms with Gasteiger partial charge in [0.25, 0.3) is 5.56 Å². The van der Waals surface area contributed by atoms with Crippen molar-refractivity contribution in [2.75, 3.05) is 10.6 Å². The summed E-state index contributed by atoms with van der Waals surface area (Å²) in [4.78, 5) is 44.3. The van der Waals surface area contributed by atoms with Crippen LogP contribution in [0.15, 0.2) is 52.4 Å². The molecule has 32 heavy (non-hydrogen) atoms. The number of carbonyl (C=O) groups excluding carboxylic acids is 2. The molecule has 1 atom stereocenters. The van der Waals surface area contributed by atoms with Crippen LogP contribution in [0.25, 0.3) is 0 Å². The number of benzene rings is 2. The zero-order chi connectivity index (χ0) is 22.8. The van der Waals surface area contributed by atoms with E-state index in [9.17, 15) is 27.6 Å². The van der Waals surface area contributed by atoms with E-state index in [1.807, 2.05) is 0 Å². The van der Waals surface area contributed by atoms with Gasteiger partial charge in [-0.3, -0.25) is 14.4 Å². The summed E-state index contributed by atoms with van der Waals surface area (Å²) in [5.74, 6) is -4.46. The number of hydrogen-bond acceptors (Lipinski definition) is 5. The van der Waals surface area contributed by atoms with Gasteiger partial charge in [0.2, 0.25) is 11.8 Å². The molecule has 3 N–H and O–H groups in total. The van der Waals surface area contributed by atoms with Crippen molar-refractivity contribution in [3.8, 4) is 0 Å². The van der Waals surface area contributed by atoms with Gasteiger partial charge in [-0.2, -0.15) is 0 Å². The Kier molecular flexibility index (Phi) is 5.99. The Morgan fingerprint density at radius 2 is 1.84 bits per heavy atom. The Morgan fingerprint density at radius 3 is 2.56 bits per heavy atom. The Hall–Kier alpha value is -3.60. The van der Waals surface area contributed by atoms with Crippen LogP contribution in [0.5, 0.6) is 0 Å². The van der Waals surface area contributed by atoms with E-state index in [-0.39, 0.29) is 28.6 Å². The number of carbonyl (C=O) groups is 2. The van der Waals surface area contributed by atoms with Crippen molar-refractivity contribution in [2.45, 2.75) is 23.2 Å². The SMILES string of the molecule is O=C1C[C@H](C(=O)Nc2cc(F)cc(F)c2)c2c(nc(SCc3cccc(F)c3)[nH]c2=O)N1. The maximum absolute atomic E-state index is 13.4. The van der Waals surface area contributed by atoms with Crippen molar-refractivity contribution in [3.05, 3.63) is 81.4 Å². The lowest BCUT2D eigenvalue weighted by Gasteiger charge is -2.23. The normalized spacial score (nSPS) is 15.1. The van der Waals surface area contributed by atoms with Crippen molar-refractivity contribution in [1.82, 2.24) is 9.97 Å². The maximum Gasteiger partial charge on any atom is 0.257 e. The highest BCUT2D eigenvalue weighted by Crippen LogP contribution is 2.31. The molecule has 1 aliphatic heterocycles. The maximum atomic E-state index is 13.4. The van der Waals surface area contributed by atoms with Gasteiger partial charge >= 0.3 is 0 Å². The zero-order valence-corrected chi connectivity index (χ0v) is 17.1. The molecule has 3 aromatic rings. The number of amides is 2. The Morgan fingerprint density at radius 1 is 1.09 bits per heavy atom. The van der Waals surface area contributed by atoms with Gasteiger partial charge in [0.1, 0.15) is 23.3 Å². The highest BCUT2D eigenvalue weighted by molar-refractivity contribution is 7.98. The summed E-state index contributed by atoms with van der Waals surface area (Å²) in [5, 5.41) is 4.97. The highest BCUT2D eigenvalue weighted by Gasteiger charge is 2.34. The third-order valence-electron chi connectivity index (χ3n) is 4.64. The average molecular weight is 460 g/mol. The minimum Gasteiger partial charge on any atom is -0.325 e. The molecule has 4 rings (SSSR count). The molecule has 1 aromatic heterocycles. The van der Waals surface area contributed by atoms with Crippen LogP contribution in [0.1, 0.15) is 23.5 Å². The fraction of sp³-hybridized carbons (Fsp3) is 0.143. The van der Waals surface area contributed by atoms with Crippen molar-refractivity contribution < 1.29 is 22.8 Å². The van der Waals surface area contributed by atoms with Gasteiger partial charge in [-0.1, -0.05) is 23.9 Å². The molecule has 2 aromatic carbocycles. The number of thioether (sulfide) groups is 1. The van der Waals surface area contributed by atoms with E-state index < -0.39 is 40.7 Å². The topological polar surface area (TPSA) is 104 Å². The second kappa shape index (κ2) is 8.87. The minimum atomic E-state index is -1.21. The molecule has 0 aliphatic carbocycles. The highest BCUT2D eigenvalue weighted by atomic mass is 32.2. The Balaban J connectivity index is 1.58. The molecule has 0 radical (unpaired) electrons. The first-order valence-corrected chi connectivity index (χ1v) is 10.4. The van der Waals surface area contributed by atoms with Gasteiger partial charge in [0.15, 0.2) is 5.16 Å². The molecular weight excluding hydrogens is 445 g/mol. The lowest BCUT2D eigenvalue weighted by molar-refractivity contribution is -0.123. The summed E-state index contributed by atoms with van der Waals surface area (Å²) < 4.78 is 40.1. The number of aromatic amines is 1. The van der Waals surface area contributed by atoms with Crippen molar-refractivity contribution in [1.29, 1.82) is 0 Å². The molecule has 0 spiro atoms. The number of H-pyrrole nitrogens is 1. The fourth-order valence-electron chi connectivity index (χ4n) is 3.28. The number of rotatable bonds is 5. The van der Waals surface area contributed by atoms with Crippen LogP contribution < -0.4 is 16.2 Å². The second-order valence-corrected chi connectivity index (χ2v) is 7.97. The summed E-state index contributed by atoms with van der Waals surface area (Å²) in [6.07, 6.45) is -0.336. The van der Waals surface area contributed by atoms with Crippen LogP contribution in [0.2, 0.25) is 0 Å². The van der Waals surface area contributed by atoms with Crippen LogP contribution in [0.3, 0.4) is 0 Å². The monoisotopic (exact) mass is 460 g/mol.